The zero-order valence-electron chi connectivity index (χ0n) is 10.3. The normalized spacial score (nSPS) is 11.7. The first-order valence-electron chi connectivity index (χ1n) is 5.68. The van der Waals surface area contributed by atoms with Crippen molar-refractivity contribution in [2.24, 2.45) is 0 Å². The van der Waals surface area contributed by atoms with E-state index in [9.17, 15) is 4.79 Å². The van der Waals surface area contributed by atoms with E-state index in [1.165, 1.54) is 0 Å². The van der Waals surface area contributed by atoms with E-state index in [2.05, 4.69) is 20.9 Å². The first-order chi connectivity index (χ1) is 8.40. The molecule has 18 heavy (non-hydrogen) atoms. The van der Waals surface area contributed by atoms with Crippen LogP contribution < -0.4 is 0 Å². The van der Waals surface area contributed by atoms with Gasteiger partial charge in [-0.05, 0) is 33.6 Å². The van der Waals surface area contributed by atoms with Crippen molar-refractivity contribution >= 4 is 32.8 Å². The summed E-state index contributed by atoms with van der Waals surface area (Å²) in [4.78, 5) is 15.4. The van der Waals surface area contributed by atoms with Crippen LogP contribution in [0.4, 0.5) is 0 Å². The van der Waals surface area contributed by atoms with Crippen molar-refractivity contribution in [3.8, 4) is 0 Å². The zero-order chi connectivity index (χ0) is 13.3. The fourth-order valence-corrected chi connectivity index (χ4v) is 2.88. The molecule has 0 spiro atoms. The predicted octanol–water partition coefficient (Wildman–Crippen LogP) is 3.75. The van der Waals surface area contributed by atoms with Crippen molar-refractivity contribution in [1.82, 2.24) is 4.98 Å². The highest BCUT2D eigenvalue weighted by atomic mass is 79.9. The molecular formula is C14H14BrNO2. The molecule has 1 aromatic heterocycles. The number of hydrogen-bond acceptors (Lipinski definition) is 2. The average Bonchev–Trinajstić information content (AvgIpc) is 2.26. The standard InChI is InChI=1S/C14H14BrNO2/c1-14(2,8-12(17)18)10-7-9-5-3-4-6-11(9)16-13(10)15/h3-7H,8H2,1-2H3,(H,17,18). The molecule has 0 atom stereocenters. The molecule has 94 valence electrons. The number of halogens is 1. The van der Waals surface area contributed by atoms with Gasteiger partial charge in [0.05, 0.1) is 11.9 Å². The lowest BCUT2D eigenvalue weighted by molar-refractivity contribution is -0.138. The molecule has 0 amide bonds. The summed E-state index contributed by atoms with van der Waals surface area (Å²) >= 11 is 3.44. The van der Waals surface area contributed by atoms with Gasteiger partial charge >= 0.3 is 5.97 Å². The van der Waals surface area contributed by atoms with Crippen LogP contribution in [0, 0.1) is 0 Å². The average molecular weight is 308 g/mol. The third-order valence-corrected chi connectivity index (χ3v) is 3.60. The summed E-state index contributed by atoms with van der Waals surface area (Å²) in [5, 5.41) is 10.0. The first-order valence-corrected chi connectivity index (χ1v) is 6.47. The summed E-state index contributed by atoms with van der Waals surface area (Å²) in [6.07, 6.45) is 0.0750. The van der Waals surface area contributed by atoms with Crippen LogP contribution in [0.5, 0.6) is 0 Å². The van der Waals surface area contributed by atoms with Crippen molar-refractivity contribution in [1.29, 1.82) is 0 Å². The van der Waals surface area contributed by atoms with Crippen LogP contribution in [0.15, 0.2) is 34.9 Å². The van der Waals surface area contributed by atoms with E-state index in [1.54, 1.807) is 0 Å². The number of hydrogen-bond donors (Lipinski definition) is 1. The van der Waals surface area contributed by atoms with Gasteiger partial charge in [0.2, 0.25) is 0 Å². The predicted molar refractivity (Wildman–Crippen MR) is 74.7 cm³/mol. The van der Waals surface area contributed by atoms with Crippen molar-refractivity contribution in [3.05, 3.63) is 40.5 Å². The number of carbonyl (C=O) groups is 1. The molecule has 0 bridgehead atoms. The van der Waals surface area contributed by atoms with Crippen LogP contribution in [0.25, 0.3) is 10.9 Å². The van der Waals surface area contributed by atoms with Gasteiger partial charge in [-0.3, -0.25) is 4.79 Å². The number of benzene rings is 1. The molecule has 1 heterocycles. The molecule has 0 unspecified atom stereocenters. The molecule has 0 saturated heterocycles. The molecule has 0 aliphatic rings. The summed E-state index contributed by atoms with van der Waals surface area (Å²) in [5.74, 6) is -0.806. The van der Waals surface area contributed by atoms with Crippen molar-refractivity contribution in [2.45, 2.75) is 25.7 Å². The summed E-state index contributed by atoms with van der Waals surface area (Å²) < 4.78 is 0.715. The number of para-hydroxylation sites is 1. The molecule has 2 rings (SSSR count). The Bertz CT molecular complexity index is 608. The van der Waals surface area contributed by atoms with Crippen LogP contribution in [0.3, 0.4) is 0 Å². The highest BCUT2D eigenvalue weighted by Crippen LogP contribution is 2.34. The van der Waals surface area contributed by atoms with E-state index in [0.717, 1.165) is 16.5 Å². The van der Waals surface area contributed by atoms with E-state index in [1.807, 2.05) is 44.2 Å². The van der Waals surface area contributed by atoms with E-state index < -0.39 is 11.4 Å². The summed E-state index contributed by atoms with van der Waals surface area (Å²) in [6, 6.07) is 9.81. The van der Waals surface area contributed by atoms with Crippen LogP contribution in [0.1, 0.15) is 25.8 Å². The Morgan fingerprint density at radius 1 is 1.39 bits per heavy atom. The molecule has 0 aliphatic heterocycles. The lowest BCUT2D eigenvalue weighted by Gasteiger charge is -2.24. The van der Waals surface area contributed by atoms with E-state index in [-0.39, 0.29) is 6.42 Å². The fourth-order valence-electron chi connectivity index (χ4n) is 2.04. The van der Waals surface area contributed by atoms with Crippen molar-refractivity contribution < 1.29 is 9.90 Å². The van der Waals surface area contributed by atoms with Gasteiger partial charge in [-0.1, -0.05) is 32.0 Å². The second kappa shape index (κ2) is 4.69. The number of carboxylic acid groups (broad SMARTS) is 1. The van der Waals surface area contributed by atoms with Crippen LogP contribution in [-0.2, 0) is 10.2 Å². The second-order valence-electron chi connectivity index (χ2n) is 4.97. The number of rotatable bonds is 3. The minimum atomic E-state index is -0.806. The van der Waals surface area contributed by atoms with Gasteiger partial charge in [-0.15, -0.1) is 0 Å². The highest BCUT2D eigenvalue weighted by Gasteiger charge is 2.27. The Morgan fingerprint density at radius 3 is 2.72 bits per heavy atom. The Labute approximate surface area is 114 Å². The summed E-state index contributed by atoms with van der Waals surface area (Å²) in [7, 11) is 0. The van der Waals surface area contributed by atoms with Gasteiger partial charge in [-0.2, -0.15) is 0 Å². The fraction of sp³-hybridized carbons (Fsp3) is 0.286. The summed E-state index contributed by atoms with van der Waals surface area (Å²) in [5.41, 5.74) is 1.37. The quantitative estimate of drug-likeness (QED) is 0.879. The SMILES string of the molecule is CC(C)(CC(=O)O)c1cc2ccccc2nc1Br. The molecule has 2 aromatic rings. The third-order valence-electron chi connectivity index (χ3n) is 3.00. The molecule has 1 N–H and O–H groups in total. The van der Waals surface area contributed by atoms with Crippen molar-refractivity contribution in [3.63, 3.8) is 0 Å². The number of aliphatic carboxylic acids is 1. The largest absolute Gasteiger partial charge is 0.481 e. The van der Waals surface area contributed by atoms with Crippen molar-refractivity contribution in [2.75, 3.05) is 0 Å². The minimum absolute atomic E-state index is 0.0750. The summed E-state index contributed by atoms with van der Waals surface area (Å²) in [6.45, 7) is 3.83. The van der Waals surface area contributed by atoms with Crippen LogP contribution >= 0.6 is 15.9 Å². The molecule has 1 aromatic carbocycles. The molecule has 0 fully saturated rings. The van der Waals surface area contributed by atoms with Crippen LogP contribution in [0.2, 0.25) is 0 Å². The zero-order valence-corrected chi connectivity index (χ0v) is 11.9. The maximum absolute atomic E-state index is 10.9. The number of fused-ring (bicyclic) bond motifs is 1. The van der Waals surface area contributed by atoms with Crippen LogP contribution in [-0.4, -0.2) is 16.1 Å². The second-order valence-corrected chi connectivity index (χ2v) is 5.72. The molecule has 0 radical (unpaired) electrons. The van der Waals surface area contributed by atoms with Gasteiger partial charge in [0, 0.05) is 10.8 Å². The number of carboxylic acids is 1. The number of aromatic nitrogens is 1. The van der Waals surface area contributed by atoms with Gasteiger partial charge < -0.3 is 5.11 Å². The highest BCUT2D eigenvalue weighted by molar-refractivity contribution is 9.10. The van der Waals surface area contributed by atoms with E-state index in [0.29, 0.717) is 4.60 Å². The molecular weight excluding hydrogens is 294 g/mol. The van der Waals surface area contributed by atoms with Gasteiger partial charge in [0.15, 0.2) is 0 Å². The lowest BCUT2D eigenvalue weighted by atomic mass is 9.82. The Hall–Kier alpha value is -1.42. The number of nitrogens with zero attached hydrogens (tertiary/aromatic N) is 1. The number of pyridine rings is 1. The molecule has 0 saturated carbocycles. The molecule has 0 aliphatic carbocycles. The maximum Gasteiger partial charge on any atom is 0.304 e. The topological polar surface area (TPSA) is 50.2 Å². The Balaban J connectivity index is 2.56. The van der Waals surface area contributed by atoms with Gasteiger partial charge in [-0.25, -0.2) is 4.98 Å². The molecule has 3 nitrogen and oxygen atoms in total. The first kappa shape index (κ1) is 13.0. The monoisotopic (exact) mass is 307 g/mol. The third kappa shape index (κ3) is 2.53. The van der Waals surface area contributed by atoms with Gasteiger partial charge in [0.25, 0.3) is 0 Å². The smallest absolute Gasteiger partial charge is 0.304 e. The van der Waals surface area contributed by atoms with Gasteiger partial charge in [0.1, 0.15) is 4.60 Å². The Morgan fingerprint density at radius 2 is 2.06 bits per heavy atom. The maximum atomic E-state index is 10.9. The van der Waals surface area contributed by atoms with E-state index >= 15 is 0 Å². The minimum Gasteiger partial charge on any atom is -0.481 e. The Kier molecular flexibility index (Phi) is 3.39. The lowest BCUT2D eigenvalue weighted by Crippen LogP contribution is -2.22. The van der Waals surface area contributed by atoms with E-state index in [4.69, 9.17) is 5.11 Å². The molecule has 4 heteroatoms.